The summed E-state index contributed by atoms with van der Waals surface area (Å²) in [6, 6.07) is 0.383. The molecule has 6 nitrogen and oxygen atoms in total. The minimum absolute atomic E-state index is 0.383. The predicted octanol–water partition coefficient (Wildman–Crippen LogP) is 1.78. The molecule has 2 aromatic heterocycles. The van der Waals surface area contributed by atoms with Gasteiger partial charge in [-0.3, -0.25) is 9.36 Å². The maximum atomic E-state index is 4.30. The zero-order chi connectivity index (χ0) is 12.8. The molecule has 0 amide bonds. The second-order valence-electron chi connectivity index (χ2n) is 4.48. The third-order valence-electron chi connectivity index (χ3n) is 2.76. The van der Waals surface area contributed by atoms with E-state index in [4.69, 9.17) is 0 Å². The van der Waals surface area contributed by atoms with Gasteiger partial charge in [0.15, 0.2) is 0 Å². The van der Waals surface area contributed by atoms with E-state index in [-0.39, 0.29) is 0 Å². The number of aromatic nitrogens is 5. The first-order valence-electron chi connectivity index (χ1n) is 6.39. The summed E-state index contributed by atoms with van der Waals surface area (Å²) in [4.78, 5) is 3.93. The topological polar surface area (TPSA) is 60.6 Å². The van der Waals surface area contributed by atoms with Crippen LogP contribution in [0.15, 0.2) is 25.0 Å². The van der Waals surface area contributed by atoms with Crippen LogP contribution >= 0.6 is 0 Å². The number of nitrogens with zero attached hydrogens (tertiary/aromatic N) is 5. The molecule has 2 heterocycles. The average molecular weight is 248 g/mol. The number of hydrogen-bond acceptors (Lipinski definition) is 4. The number of nitrogens with one attached hydrogen (secondary N) is 1. The van der Waals surface area contributed by atoms with E-state index < -0.39 is 0 Å². The van der Waals surface area contributed by atoms with Gasteiger partial charge in [-0.25, -0.2) is 4.98 Å². The van der Waals surface area contributed by atoms with Crippen LogP contribution in [0.5, 0.6) is 0 Å². The first-order chi connectivity index (χ1) is 8.78. The van der Waals surface area contributed by atoms with E-state index in [0.717, 1.165) is 31.6 Å². The van der Waals surface area contributed by atoms with Crippen molar-refractivity contribution in [3.05, 3.63) is 25.0 Å². The fourth-order valence-corrected chi connectivity index (χ4v) is 1.82. The number of rotatable bonds is 7. The second-order valence-corrected chi connectivity index (χ2v) is 4.48. The summed E-state index contributed by atoms with van der Waals surface area (Å²) in [7, 11) is 0. The molecule has 0 saturated heterocycles. The SMILES string of the molecule is CCCn1cc(N[C@@H](C)CCn2cncn2)cn1. The predicted molar refractivity (Wildman–Crippen MR) is 70.2 cm³/mol. The van der Waals surface area contributed by atoms with E-state index in [1.165, 1.54) is 0 Å². The lowest BCUT2D eigenvalue weighted by Crippen LogP contribution is -2.17. The van der Waals surface area contributed by atoms with E-state index in [2.05, 4.69) is 40.5 Å². The Labute approximate surface area is 107 Å². The van der Waals surface area contributed by atoms with Gasteiger partial charge < -0.3 is 5.32 Å². The van der Waals surface area contributed by atoms with Crippen LogP contribution in [0.1, 0.15) is 26.7 Å². The van der Waals surface area contributed by atoms with E-state index in [0.29, 0.717) is 6.04 Å². The van der Waals surface area contributed by atoms with Gasteiger partial charge in [0.05, 0.1) is 11.9 Å². The van der Waals surface area contributed by atoms with E-state index in [1.807, 2.05) is 15.6 Å². The van der Waals surface area contributed by atoms with Crippen molar-refractivity contribution in [2.45, 2.75) is 45.8 Å². The Morgan fingerprint density at radius 3 is 2.89 bits per heavy atom. The van der Waals surface area contributed by atoms with E-state index in [9.17, 15) is 0 Å². The molecule has 1 N–H and O–H groups in total. The Hall–Kier alpha value is -1.85. The van der Waals surface area contributed by atoms with Gasteiger partial charge in [0.25, 0.3) is 0 Å². The van der Waals surface area contributed by atoms with Gasteiger partial charge in [-0.15, -0.1) is 0 Å². The fourth-order valence-electron chi connectivity index (χ4n) is 1.82. The van der Waals surface area contributed by atoms with Crippen LogP contribution in [0, 0.1) is 0 Å². The summed E-state index contributed by atoms with van der Waals surface area (Å²) >= 11 is 0. The fraction of sp³-hybridized carbons (Fsp3) is 0.583. The van der Waals surface area contributed by atoms with Crippen LogP contribution in [-0.4, -0.2) is 30.6 Å². The Morgan fingerprint density at radius 2 is 2.17 bits per heavy atom. The standard InChI is InChI=1S/C12H20N6/c1-3-5-17-8-12(7-14-17)16-11(2)4-6-18-10-13-9-15-18/h7-11,16H,3-6H2,1-2H3/t11-/m0/s1. The molecule has 0 aliphatic rings. The van der Waals surface area contributed by atoms with Crippen molar-refractivity contribution in [2.75, 3.05) is 5.32 Å². The maximum Gasteiger partial charge on any atom is 0.137 e. The van der Waals surface area contributed by atoms with Crippen molar-refractivity contribution >= 4 is 5.69 Å². The van der Waals surface area contributed by atoms with Crippen molar-refractivity contribution in [3.8, 4) is 0 Å². The van der Waals surface area contributed by atoms with Crippen molar-refractivity contribution in [2.24, 2.45) is 0 Å². The summed E-state index contributed by atoms with van der Waals surface area (Å²) in [6.45, 7) is 6.15. The molecular formula is C12H20N6. The molecule has 0 aromatic carbocycles. The summed E-state index contributed by atoms with van der Waals surface area (Å²) in [5.41, 5.74) is 1.08. The highest BCUT2D eigenvalue weighted by Crippen LogP contribution is 2.09. The molecule has 0 saturated carbocycles. The molecule has 2 aromatic rings. The van der Waals surface area contributed by atoms with E-state index >= 15 is 0 Å². The monoisotopic (exact) mass is 248 g/mol. The largest absolute Gasteiger partial charge is 0.380 e. The van der Waals surface area contributed by atoms with Gasteiger partial charge in [0.1, 0.15) is 12.7 Å². The highest BCUT2D eigenvalue weighted by Gasteiger charge is 2.04. The van der Waals surface area contributed by atoms with Gasteiger partial charge in [-0.05, 0) is 19.8 Å². The molecule has 0 bridgehead atoms. The number of hydrogen-bond donors (Lipinski definition) is 1. The zero-order valence-electron chi connectivity index (χ0n) is 11.0. The summed E-state index contributed by atoms with van der Waals surface area (Å²) in [5.74, 6) is 0. The van der Waals surface area contributed by atoms with Crippen molar-refractivity contribution in [1.82, 2.24) is 24.5 Å². The van der Waals surface area contributed by atoms with Crippen LogP contribution < -0.4 is 5.32 Å². The minimum Gasteiger partial charge on any atom is -0.380 e. The Kier molecular flexibility index (Phi) is 4.33. The van der Waals surface area contributed by atoms with Crippen LogP contribution in [-0.2, 0) is 13.1 Å². The Morgan fingerprint density at radius 1 is 1.28 bits per heavy atom. The van der Waals surface area contributed by atoms with E-state index in [1.54, 1.807) is 12.7 Å². The molecular weight excluding hydrogens is 228 g/mol. The van der Waals surface area contributed by atoms with Crippen LogP contribution in [0.25, 0.3) is 0 Å². The molecule has 6 heteroatoms. The van der Waals surface area contributed by atoms with Gasteiger partial charge in [0.2, 0.25) is 0 Å². The van der Waals surface area contributed by atoms with Crippen molar-refractivity contribution < 1.29 is 0 Å². The second kappa shape index (κ2) is 6.18. The minimum atomic E-state index is 0.383. The quantitative estimate of drug-likeness (QED) is 0.811. The van der Waals surface area contributed by atoms with Gasteiger partial charge in [-0.2, -0.15) is 10.2 Å². The molecule has 0 radical (unpaired) electrons. The smallest absolute Gasteiger partial charge is 0.137 e. The van der Waals surface area contributed by atoms with Crippen LogP contribution in [0.4, 0.5) is 5.69 Å². The van der Waals surface area contributed by atoms with Crippen LogP contribution in [0.3, 0.4) is 0 Å². The van der Waals surface area contributed by atoms with Crippen LogP contribution in [0.2, 0.25) is 0 Å². The lowest BCUT2D eigenvalue weighted by atomic mass is 10.2. The molecule has 1 atom stereocenters. The first kappa shape index (κ1) is 12.6. The van der Waals surface area contributed by atoms with Crippen molar-refractivity contribution in [3.63, 3.8) is 0 Å². The van der Waals surface area contributed by atoms with Gasteiger partial charge >= 0.3 is 0 Å². The third-order valence-corrected chi connectivity index (χ3v) is 2.76. The van der Waals surface area contributed by atoms with Crippen molar-refractivity contribution in [1.29, 1.82) is 0 Å². The average Bonchev–Trinajstić information content (AvgIpc) is 2.99. The summed E-state index contributed by atoms with van der Waals surface area (Å²) in [6.07, 6.45) is 9.33. The Balaban J connectivity index is 1.77. The Bertz CT molecular complexity index is 447. The molecule has 98 valence electrons. The molecule has 0 aliphatic heterocycles. The summed E-state index contributed by atoms with van der Waals surface area (Å²) in [5, 5.41) is 11.8. The highest BCUT2D eigenvalue weighted by atomic mass is 15.3. The zero-order valence-corrected chi connectivity index (χ0v) is 11.0. The highest BCUT2D eigenvalue weighted by molar-refractivity contribution is 5.38. The molecule has 0 spiro atoms. The molecule has 0 unspecified atom stereocenters. The molecule has 0 fully saturated rings. The maximum absolute atomic E-state index is 4.30. The number of anilines is 1. The normalized spacial score (nSPS) is 12.6. The van der Waals surface area contributed by atoms with Gasteiger partial charge in [0, 0.05) is 25.3 Å². The lowest BCUT2D eigenvalue weighted by Gasteiger charge is -2.13. The van der Waals surface area contributed by atoms with Gasteiger partial charge in [-0.1, -0.05) is 6.92 Å². The molecule has 18 heavy (non-hydrogen) atoms. The lowest BCUT2D eigenvalue weighted by molar-refractivity contribution is 0.544. The third kappa shape index (κ3) is 3.58. The number of aryl methyl sites for hydroxylation is 2. The summed E-state index contributed by atoms with van der Waals surface area (Å²) < 4.78 is 3.81. The first-order valence-corrected chi connectivity index (χ1v) is 6.39. The molecule has 2 rings (SSSR count). The molecule has 0 aliphatic carbocycles.